The number of likely N-dealkylation sites (tertiary alicyclic amines) is 1. The minimum atomic E-state index is -0.964. The number of anilines is 1. The van der Waals surface area contributed by atoms with E-state index < -0.39 is 23.0 Å². The minimum Gasteiger partial charge on any atom is -0.280 e. The first-order valence-electron chi connectivity index (χ1n) is 9.73. The molecule has 9 heteroatoms. The Morgan fingerprint density at radius 2 is 1.87 bits per heavy atom. The number of halogens is 1. The van der Waals surface area contributed by atoms with E-state index in [9.17, 15) is 19.7 Å². The summed E-state index contributed by atoms with van der Waals surface area (Å²) < 4.78 is 0. The van der Waals surface area contributed by atoms with Gasteiger partial charge in [-0.2, -0.15) is 0 Å². The van der Waals surface area contributed by atoms with E-state index in [-0.39, 0.29) is 17.5 Å². The van der Waals surface area contributed by atoms with Crippen LogP contribution in [0.1, 0.15) is 31.4 Å². The molecule has 0 radical (unpaired) electrons. The van der Waals surface area contributed by atoms with Crippen LogP contribution in [-0.4, -0.2) is 34.3 Å². The summed E-state index contributed by atoms with van der Waals surface area (Å²) in [7, 11) is 0. The van der Waals surface area contributed by atoms with Crippen molar-refractivity contribution in [3.63, 3.8) is 0 Å². The van der Waals surface area contributed by atoms with Crippen LogP contribution in [0.25, 0.3) is 0 Å². The number of nitro benzene ring substituents is 1. The predicted molar refractivity (Wildman–Crippen MR) is 110 cm³/mol. The lowest BCUT2D eigenvalue weighted by molar-refractivity contribution is -0.384. The molecule has 2 fully saturated rings. The van der Waals surface area contributed by atoms with Crippen molar-refractivity contribution in [2.45, 2.75) is 31.9 Å². The van der Waals surface area contributed by atoms with Crippen molar-refractivity contribution < 1.29 is 19.3 Å². The average Bonchev–Trinajstić information content (AvgIpc) is 3.24. The highest BCUT2D eigenvalue weighted by Gasteiger charge is 2.59. The fourth-order valence-electron chi connectivity index (χ4n) is 3.98. The van der Waals surface area contributed by atoms with Crippen LogP contribution in [0.5, 0.6) is 0 Å². The number of hydrogen-bond acceptors (Lipinski definition) is 6. The summed E-state index contributed by atoms with van der Waals surface area (Å²) in [5.74, 6) is -1.47. The number of unbranched alkanes of at least 4 members (excludes halogenated alkanes) is 1. The van der Waals surface area contributed by atoms with Gasteiger partial charge in [-0.1, -0.05) is 37.1 Å². The van der Waals surface area contributed by atoms with Crippen LogP contribution in [0.2, 0.25) is 5.02 Å². The molecule has 2 amide bonds. The highest BCUT2D eigenvalue weighted by Crippen LogP contribution is 2.47. The maximum atomic E-state index is 13.2. The predicted octanol–water partition coefficient (Wildman–Crippen LogP) is 3.89. The van der Waals surface area contributed by atoms with Crippen molar-refractivity contribution in [1.29, 1.82) is 0 Å². The standard InChI is InChI=1S/C21H20ClN3O5/c1-2-3-11-23-20(26)17-18(13-5-4-6-16(12-13)25(28)29)24(30-19(17)21(23)27)15-9-7-14(22)8-10-15/h4-10,12,17-19H,2-3,11H2,1H3/t17-,18-,19+/m0/s1. The molecule has 2 heterocycles. The molecule has 0 spiro atoms. The van der Waals surface area contributed by atoms with Gasteiger partial charge >= 0.3 is 0 Å². The SMILES string of the molecule is CCCCN1C(=O)[C@@H]2[C@@H](ON(c3ccc(Cl)cc3)[C@H]2c2cccc([N+](=O)[O-])c2)C1=O. The van der Waals surface area contributed by atoms with Gasteiger partial charge in [0.1, 0.15) is 5.92 Å². The van der Waals surface area contributed by atoms with E-state index in [0.29, 0.717) is 29.2 Å². The first-order valence-corrected chi connectivity index (χ1v) is 10.1. The molecule has 4 rings (SSSR count). The van der Waals surface area contributed by atoms with E-state index in [1.54, 1.807) is 36.4 Å². The fraction of sp³-hybridized carbons (Fsp3) is 0.333. The van der Waals surface area contributed by atoms with E-state index in [1.165, 1.54) is 22.1 Å². The van der Waals surface area contributed by atoms with Crippen LogP contribution in [0.4, 0.5) is 11.4 Å². The number of nitrogens with zero attached hydrogens (tertiary/aromatic N) is 3. The van der Waals surface area contributed by atoms with Crippen LogP contribution < -0.4 is 5.06 Å². The van der Waals surface area contributed by atoms with Crippen molar-refractivity contribution in [3.05, 3.63) is 69.2 Å². The molecule has 0 bridgehead atoms. The van der Waals surface area contributed by atoms with Gasteiger partial charge in [0, 0.05) is 23.7 Å². The Kier molecular flexibility index (Phi) is 5.44. The van der Waals surface area contributed by atoms with Crippen molar-refractivity contribution >= 4 is 34.8 Å². The molecule has 0 aromatic heterocycles. The van der Waals surface area contributed by atoms with Crippen molar-refractivity contribution in [1.82, 2.24) is 4.90 Å². The first kappa shape index (κ1) is 20.3. The van der Waals surface area contributed by atoms with Gasteiger partial charge in [-0.15, -0.1) is 0 Å². The largest absolute Gasteiger partial charge is 0.280 e. The molecule has 2 saturated heterocycles. The van der Waals surface area contributed by atoms with E-state index in [1.807, 2.05) is 6.92 Å². The Balaban J connectivity index is 1.77. The van der Waals surface area contributed by atoms with Crippen LogP contribution in [0, 0.1) is 16.0 Å². The molecule has 3 atom stereocenters. The fourth-order valence-corrected chi connectivity index (χ4v) is 4.11. The van der Waals surface area contributed by atoms with Gasteiger partial charge in [-0.3, -0.25) is 29.4 Å². The van der Waals surface area contributed by atoms with Crippen LogP contribution in [-0.2, 0) is 14.4 Å². The second-order valence-corrected chi connectivity index (χ2v) is 7.77. The summed E-state index contributed by atoms with van der Waals surface area (Å²) in [4.78, 5) is 44.1. The smallest absolute Gasteiger partial charge is 0.269 e. The van der Waals surface area contributed by atoms with E-state index in [2.05, 4.69) is 0 Å². The number of non-ortho nitro benzene ring substituents is 1. The molecule has 0 unspecified atom stereocenters. The van der Waals surface area contributed by atoms with Gasteiger partial charge in [-0.25, -0.2) is 5.06 Å². The maximum absolute atomic E-state index is 13.2. The lowest BCUT2D eigenvalue weighted by Gasteiger charge is -2.28. The number of hydroxylamine groups is 1. The number of benzene rings is 2. The summed E-state index contributed by atoms with van der Waals surface area (Å²) in [6.45, 7) is 2.32. The number of fused-ring (bicyclic) bond motifs is 1. The summed E-state index contributed by atoms with van der Waals surface area (Å²) in [6, 6.07) is 12.2. The molecule has 2 aliphatic rings. The van der Waals surface area contributed by atoms with E-state index >= 15 is 0 Å². The Morgan fingerprint density at radius 1 is 1.13 bits per heavy atom. The minimum absolute atomic E-state index is 0.0911. The summed E-state index contributed by atoms with van der Waals surface area (Å²) in [5, 5.41) is 13.3. The lowest BCUT2D eigenvalue weighted by Crippen LogP contribution is -2.37. The molecule has 2 aliphatic heterocycles. The number of nitro groups is 1. The Hall–Kier alpha value is -2.97. The molecule has 0 N–H and O–H groups in total. The van der Waals surface area contributed by atoms with Crippen molar-refractivity contribution in [2.75, 3.05) is 11.6 Å². The Bertz CT molecular complexity index is 996. The van der Waals surface area contributed by atoms with E-state index in [4.69, 9.17) is 16.4 Å². The summed E-state index contributed by atoms with van der Waals surface area (Å²) >= 11 is 5.99. The third-order valence-corrected chi connectivity index (χ3v) is 5.70. The average molecular weight is 430 g/mol. The van der Waals surface area contributed by atoms with Gasteiger partial charge in [0.25, 0.3) is 11.6 Å². The summed E-state index contributed by atoms with van der Waals surface area (Å²) in [5.41, 5.74) is 1.04. The second-order valence-electron chi connectivity index (χ2n) is 7.33. The Labute approximate surface area is 178 Å². The number of amides is 2. The molecule has 8 nitrogen and oxygen atoms in total. The van der Waals surface area contributed by atoms with Gasteiger partial charge in [0.2, 0.25) is 5.91 Å². The Morgan fingerprint density at radius 3 is 2.53 bits per heavy atom. The third kappa shape index (κ3) is 3.42. The number of imide groups is 1. The van der Waals surface area contributed by atoms with Crippen LogP contribution in [0.3, 0.4) is 0 Å². The zero-order valence-electron chi connectivity index (χ0n) is 16.2. The molecule has 30 heavy (non-hydrogen) atoms. The quantitative estimate of drug-likeness (QED) is 0.393. The first-order chi connectivity index (χ1) is 14.4. The van der Waals surface area contributed by atoms with Crippen LogP contribution in [0.15, 0.2) is 48.5 Å². The van der Waals surface area contributed by atoms with Gasteiger partial charge in [0.15, 0.2) is 6.10 Å². The normalized spacial score (nSPS) is 23.2. The zero-order valence-corrected chi connectivity index (χ0v) is 17.0. The summed E-state index contributed by atoms with van der Waals surface area (Å²) in [6.07, 6.45) is 0.590. The molecule has 2 aromatic carbocycles. The lowest BCUT2D eigenvalue weighted by atomic mass is 9.90. The zero-order chi connectivity index (χ0) is 21.4. The van der Waals surface area contributed by atoms with E-state index in [0.717, 1.165) is 6.42 Å². The molecular formula is C21H20ClN3O5. The van der Waals surface area contributed by atoms with Gasteiger partial charge in [-0.05, 0) is 36.2 Å². The molecule has 156 valence electrons. The topological polar surface area (TPSA) is 93.0 Å². The number of carbonyl (C=O) groups excluding carboxylic acids is 2. The number of rotatable bonds is 6. The van der Waals surface area contributed by atoms with Gasteiger partial charge in [0.05, 0.1) is 16.7 Å². The highest BCUT2D eigenvalue weighted by atomic mass is 35.5. The third-order valence-electron chi connectivity index (χ3n) is 5.45. The number of hydrogen-bond donors (Lipinski definition) is 0. The second kappa shape index (κ2) is 8.04. The monoisotopic (exact) mass is 429 g/mol. The van der Waals surface area contributed by atoms with Crippen molar-refractivity contribution in [2.24, 2.45) is 5.92 Å². The molecule has 0 aliphatic carbocycles. The number of carbonyl (C=O) groups is 2. The van der Waals surface area contributed by atoms with Crippen molar-refractivity contribution in [3.8, 4) is 0 Å². The van der Waals surface area contributed by atoms with Crippen LogP contribution >= 0.6 is 11.6 Å². The molecular weight excluding hydrogens is 410 g/mol. The highest BCUT2D eigenvalue weighted by molar-refractivity contribution is 6.30. The molecule has 2 aromatic rings. The van der Waals surface area contributed by atoms with Gasteiger partial charge < -0.3 is 0 Å². The molecule has 0 saturated carbocycles. The maximum Gasteiger partial charge on any atom is 0.269 e.